The van der Waals surface area contributed by atoms with Crippen LogP contribution in [-0.2, 0) is 16.0 Å². The first kappa shape index (κ1) is 20.9. The maximum absolute atomic E-state index is 12.6. The molecule has 4 fully saturated rings. The molecule has 0 aromatic heterocycles. The summed E-state index contributed by atoms with van der Waals surface area (Å²) in [4.78, 5) is 25.2. The third kappa shape index (κ3) is 4.32. The Morgan fingerprint density at radius 1 is 0.576 bits per heavy atom. The molecule has 4 atom stereocenters. The Bertz CT molecular complexity index is 921. The van der Waals surface area contributed by atoms with E-state index in [4.69, 9.17) is 0 Å². The highest BCUT2D eigenvalue weighted by Gasteiger charge is 2.55. The number of fused-ring (bicyclic) bond motifs is 2. The monoisotopic (exact) mass is 442 g/mol. The summed E-state index contributed by atoms with van der Waals surface area (Å²) in [6.45, 7) is 0. The van der Waals surface area contributed by atoms with Gasteiger partial charge in [-0.3, -0.25) is 9.59 Å². The van der Waals surface area contributed by atoms with Crippen molar-refractivity contribution in [1.82, 2.24) is 0 Å². The second kappa shape index (κ2) is 8.62. The lowest BCUT2D eigenvalue weighted by Crippen LogP contribution is -2.15. The van der Waals surface area contributed by atoms with E-state index in [0.29, 0.717) is 23.7 Å². The molecule has 4 saturated carbocycles. The van der Waals surface area contributed by atoms with Gasteiger partial charge in [0.1, 0.15) is 0 Å². The first-order valence-corrected chi connectivity index (χ1v) is 13.0. The minimum atomic E-state index is 0.211. The molecule has 2 aromatic rings. The summed E-state index contributed by atoms with van der Waals surface area (Å²) in [7, 11) is 0. The molecule has 0 spiro atoms. The van der Waals surface area contributed by atoms with Crippen molar-refractivity contribution in [2.45, 2.75) is 57.8 Å². The van der Waals surface area contributed by atoms with Crippen LogP contribution in [0.15, 0.2) is 48.5 Å². The van der Waals surface area contributed by atoms with Crippen LogP contribution in [0.25, 0.3) is 0 Å². The number of carbonyl (C=O) groups is 2. The highest BCUT2D eigenvalue weighted by molar-refractivity contribution is 5.95. The summed E-state index contributed by atoms with van der Waals surface area (Å²) >= 11 is 0. The molecule has 172 valence electrons. The molecule has 4 heteroatoms. The van der Waals surface area contributed by atoms with Crippen molar-refractivity contribution in [2.24, 2.45) is 35.5 Å². The van der Waals surface area contributed by atoms with E-state index in [1.165, 1.54) is 62.5 Å². The first-order valence-electron chi connectivity index (χ1n) is 13.0. The van der Waals surface area contributed by atoms with E-state index < -0.39 is 0 Å². The fourth-order valence-corrected chi connectivity index (χ4v) is 6.86. The van der Waals surface area contributed by atoms with E-state index in [9.17, 15) is 9.59 Å². The molecule has 2 aromatic carbocycles. The highest BCUT2D eigenvalue weighted by Crippen LogP contribution is 2.56. The lowest BCUT2D eigenvalue weighted by Gasteiger charge is -2.08. The Kier molecular flexibility index (Phi) is 5.48. The van der Waals surface area contributed by atoms with Crippen molar-refractivity contribution in [1.29, 1.82) is 0 Å². The maximum Gasteiger partial charge on any atom is 0.228 e. The SMILES string of the molecule is O=C(Nc1ccc(Cc2ccc(NC(=O)C3[C@H]4CCCC[C@H]34)cc2)cc1)C1[C@H]2CCCC[C@H]12. The number of hydrogen-bond acceptors (Lipinski definition) is 2. The summed E-state index contributed by atoms with van der Waals surface area (Å²) < 4.78 is 0. The van der Waals surface area contributed by atoms with E-state index in [-0.39, 0.29) is 23.7 Å². The third-order valence-electron chi connectivity index (χ3n) is 8.77. The Balaban J connectivity index is 1.00. The molecule has 0 aliphatic heterocycles. The van der Waals surface area contributed by atoms with E-state index >= 15 is 0 Å². The van der Waals surface area contributed by atoms with Crippen LogP contribution in [0.3, 0.4) is 0 Å². The van der Waals surface area contributed by atoms with E-state index in [1.54, 1.807) is 0 Å². The number of hydrogen-bond donors (Lipinski definition) is 2. The first-order chi connectivity index (χ1) is 16.2. The normalized spacial score (nSPS) is 31.6. The molecule has 0 saturated heterocycles. The summed E-state index contributed by atoms with van der Waals surface area (Å²) in [5.74, 6) is 3.47. The molecule has 0 unspecified atom stereocenters. The quantitative estimate of drug-likeness (QED) is 0.574. The van der Waals surface area contributed by atoms with Gasteiger partial charge >= 0.3 is 0 Å². The predicted octanol–water partition coefficient (Wildman–Crippen LogP) is 6.03. The topological polar surface area (TPSA) is 58.2 Å². The van der Waals surface area contributed by atoms with Gasteiger partial charge in [-0.2, -0.15) is 0 Å². The fourth-order valence-electron chi connectivity index (χ4n) is 6.86. The van der Waals surface area contributed by atoms with Gasteiger partial charge in [0.15, 0.2) is 0 Å². The van der Waals surface area contributed by atoms with Crippen molar-refractivity contribution in [3.05, 3.63) is 59.7 Å². The zero-order valence-electron chi connectivity index (χ0n) is 19.3. The Morgan fingerprint density at radius 3 is 1.24 bits per heavy atom. The van der Waals surface area contributed by atoms with Crippen LogP contribution in [0.1, 0.15) is 62.5 Å². The summed E-state index contributed by atoms with van der Waals surface area (Å²) in [6, 6.07) is 16.5. The van der Waals surface area contributed by atoms with Gasteiger partial charge < -0.3 is 10.6 Å². The second-order valence-electron chi connectivity index (χ2n) is 10.8. The highest BCUT2D eigenvalue weighted by atomic mass is 16.2. The number of benzene rings is 2. The van der Waals surface area contributed by atoms with Crippen LogP contribution < -0.4 is 10.6 Å². The summed E-state index contributed by atoms with van der Waals surface area (Å²) in [6.07, 6.45) is 10.9. The van der Waals surface area contributed by atoms with Gasteiger partial charge in [0, 0.05) is 23.2 Å². The predicted molar refractivity (Wildman–Crippen MR) is 131 cm³/mol. The molecule has 6 rings (SSSR count). The van der Waals surface area contributed by atoms with Gasteiger partial charge in [0.2, 0.25) is 11.8 Å². The number of anilines is 2. The number of carbonyl (C=O) groups excluding carboxylic acids is 2. The van der Waals surface area contributed by atoms with Gasteiger partial charge in [-0.15, -0.1) is 0 Å². The molecule has 4 nitrogen and oxygen atoms in total. The number of amides is 2. The molecular formula is C29H34N2O2. The second-order valence-corrected chi connectivity index (χ2v) is 10.8. The molecular weight excluding hydrogens is 408 g/mol. The number of rotatable bonds is 6. The number of nitrogens with one attached hydrogen (secondary N) is 2. The molecule has 2 N–H and O–H groups in total. The largest absolute Gasteiger partial charge is 0.326 e. The van der Waals surface area contributed by atoms with Crippen LogP contribution in [0.2, 0.25) is 0 Å². The van der Waals surface area contributed by atoms with Crippen molar-refractivity contribution < 1.29 is 9.59 Å². The maximum atomic E-state index is 12.6. The molecule has 0 heterocycles. The van der Waals surface area contributed by atoms with E-state index in [2.05, 4.69) is 34.9 Å². The Labute approximate surface area is 196 Å². The van der Waals surface area contributed by atoms with Gasteiger partial charge in [-0.1, -0.05) is 49.9 Å². The zero-order chi connectivity index (χ0) is 22.4. The standard InChI is InChI=1S/C29H34N2O2/c32-28(26-22-5-1-2-6-23(22)26)30-20-13-9-18(10-14-20)17-19-11-15-21(16-12-19)31-29(33)27-24-7-3-4-8-25(24)27/h9-16,22-27H,1-8,17H2,(H,30,32)(H,31,33)/t22-,23-,24-,25-/m0/s1. The summed E-state index contributed by atoms with van der Waals surface area (Å²) in [5, 5.41) is 6.26. The van der Waals surface area contributed by atoms with Crippen molar-refractivity contribution in [3.8, 4) is 0 Å². The third-order valence-corrected chi connectivity index (χ3v) is 8.77. The molecule has 0 radical (unpaired) electrons. The van der Waals surface area contributed by atoms with Crippen molar-refractivity contribution in [2.75, 3.05) is 10.6 Å². The molecule has 0 bridgehead atoms. The summed E-state index contributed by atoms with van der Waals surface area (Å²) in [5.41, 5.74) is 4.22. The minimum Gasteiger partial charge on any atom is -0.326 e. The van der Waals surface area contributed by atoms with Crippen LogP contribution in [-0.4, -0.2) is 11.8 Å². The van der Waals surface area contributed by atoms with Crippen LogP contribution in [0, 0.1) is 35.5 Å². The van der Waals surface area contributed by atoms with Crippen molar-refractivity contribution >= 4 is 23.2 Å². The minimum absolute atomic E-state index is 0.211. The lowest BCUT2D eigenvalue weighted by molar-refractivity contribution is -0.118. The van der Waals surface area contributed by atoms with E-state index in [0.717, 1.165) is 17.8 Å². The molecule has 2 amide bonds. The molecule has 4 aliphatic rings. The smallest absolute Gasteiger partial charge is 0.228 e. The van der Waals surface area contributed by atoms with Crippen LogP contribution in [0.4, 0.5) is 11.4 Å². The van der Waals surface area contributed by atoms with E-state index in [1.807, 2.05) is 24.3 Å². The zero-order valence-corrected chi connectivity index (χ0v) is 19.3. The Hall–Kier alpha value is -2.62. The van der Waals surface area contributed by atoms with Crippen LogP contribution in [0.5, 0.6) is 0 Å². The lowest BCUT2D eigenvalue weighted by atomic mass is 10.0. The average Bonchev–Trinajstić information content (AvgIpc) is 3.74. The Morgan fingerprint density at radius 2 is 0.909 bits per heavy atom. The molecule has 4 aliphatic carbocycles. The van der Waals surface area contributed by atoms with Crippen molar-refractivity contribution in [3.63, 3.8) is 0 Å². The van der Waals surface area contributed by atoms with Gasteiger partial charge in [-0.25, -0.2) is 0 Å². The molecule has 33 heavy (non-hydrogen) atoms. The average molecular weight is 443 g/mol. The van der Waals surface area contributed by atoms with Crippen LogP contribution >= 0.6 is 0 Å². The van der Waals surface area contributed by atoms with Gasteiger partial charge in [-0.05, 0) is 91.2 Å². The van der Waals surface area contributed by atoms with Gasteiger partial charge in [0.05, 0.1) is 0 Å². The fraction of sp³-hybridized carbons (Fsp3) is 0.517. The van der Waals surface area contributed by atoms with Gasteiger partial charge in [0.25, 0.3) is 0 Å².